The molecule has 2 N–H and O–H groups in total. The molecule has 4 nitrogen and oxygen atoms in total. The van der Waals surface area contributed by atoms with Gasteiger partial charge in [0.15, 0.2) is 0 Å². The second-order valence-corrected chi connectivity index (χ2v) is 3.81. The van der Waals surface area contributed by atoms with Crippen LogP contribution in [0.2, 0.25) is 0 Å². The van der Waals surface area contributed by atoms with E-state index in [1.807, 2.05) is 0 Å². The van der Waals surface area contributed by atoms with Crippen LogP contribution in [-0.4, -0.2) is 22.3 Å². The Morgan fingerprint density at radius 2 is 1.88 bits per heavy atom. The topological polar surface area (TPSA) is 66.8 Å². The molecule has 0 bridgehead atoms. The van der Waals surface area contributed by atoms with Crippen LogP contribution in [0.1, 0.15) is 25.8 Å². The van der Waals surface area contributed by atoms with Crippen molar-refractivity contribution >= 4 is 5.97 Å². The van der Waals surface area contributed by atoms with Crippen LogP contribution in [0.5, 0.6) is 11.5 Å². The van der Waals surface area contributed by atoms with Gasteiger partial charge in [0.05, 0.1) is 6.10 Å². The molecule has 88 valence electrons. The van der Waals surface area contributed by atoms with Gasteiger partial charge in [0.2, 0.25) is 0 Å². The number of rotatable bonds is 4. The molecular formula is C12H16O4. The van der Waals surface area contributed by atoms with Gasteiger partial charge >= 0.3 is 5.97 Å². The summed E-state index contributed by atoms with van der Waals surface area (Å²) in [7, 11) is 0. The van der Waals surface area contributed by atoms with Crippen LogP contribution in [0.4, 0.5) is 0 Å². The Hall–Kier alpha value is -1.71. The minimum atomic E-state index is -0.336. The first-order valence-electron chi connectivity index (χ1n) is 5.20. The van der Waals surface area contributed by atoms with Gasteiger partial charge in [-0.3, -0.25) is 4.79 Å². The van der Waals surface area contributed by atoms with Crippen molar-refractivity contribution in [3.8, 4) is 11.5 Å². The molecule has 1 aromatic rings. The van der Waals surface area contributed by atoms with Crippen LogP contribution in [0, 0.1) is 0 Å². The van der Waals surface area contributed by atoms with E-state index in [0.29, 0.717) is 5.56 Å². The van der Waals surface area contributed by atoms with Crippen LogP contribution >= 0.6 is 0 Å². The third kappa shape index (κ3) is 3.46. The Morgan fingerprint density at radius 3 is 2.38 bits per heavy atom. The number of phenols is 2. The molecule has 0 unspecified atom stereocenters. The van der Waals surface area contributed by atoms with Gasteiger partial charge in [0.1, 0.15) is 11.5 Å². The fraction of sp³-hybridized carbons (Fsp3) is 0.417. The quantitative estimate of drug-likeness (QED) is 0.767. The van der Waals surface area contributed by atoms with Gasteiger partial charge in [-0.1, -0.05) is 6.07 Å². The molecular weight excluding hydrogens is 208 g/mol. The summed E-state index contributed by atoms with van der Waals surface area (Å²) in [6.07, 6.45) is 0.262. The lowest BCUT2D eigenvalue weighted by atomic mass is 10.1. The fourth-order valence-electron chi connectivity index (χ4n) is 1.37. The maximum absolute atomic E-state index is 11.3. The molecule has 0 saturated heterocycles. The second-order valence-electron chi connectivity index (χ2n) is 3.81. The van der Waals surface area contributed by atoms with Crippen LogP contribution in [0.3, 0.4) is 0 Å². The zero-order valence-electron chi connectivity index (χ0n) is 9.43. The van der Waals surface area contributed by atoms with Gasteiger partial charge < -0.3 is 14.9 Å². The van der Waals surface area contributed by atoms with Crippen molar-refractivity contribution in [3.63, 3.8) is 0 Å². The molecule has 0 radical (unpaired) electrons. The molecule has 16 heavy (non-hydrogen) atoms. The fourth-order valence-corrected chi connectivity index (χ4v) is 1.37. The summed E-state index contributed by atoms with van der Waals surface area (Å²) in [5.41, 5.74) is 0.378. The van der Waals surface area contributed by atoms with E-state index in [2.05, 4.69) is 0 Å². The molecule has 0 atom stereocenters. The number of ether oxygens (including phenoxy) is 1. The summed E-state index contributed by atoms with van der Waals surface area (Å²) >= 11 is 0. The molecule has 4 heteroatoms. The molecule has 0 aliphatic carbocycles. The van der Waals surface area contributed by atoms with Crippen LogP contribution < -0.4 is 0 Å². The first kappa shape index (κ1) is 12.4. The average molecular weight is 224 g/mol. The lowest BCUT2D eigenvalue weighted by Crippen LogP contribution is -2.11. The SMILES string of the molecule is CC(C)OC(=O)CCc1c(O)cccc1O. The zero-order chi connectivity index (χ0) is 12.1. The van der Waals surface area contributed by atoms with Crippen molar-refractivity contribution in [2.45, 2.75) is 32.8 Å². The van der Waals surface area contributed by atoms with Crippen LogP contribution in [0.25, 0.3) is 0 Å². The third-order valence-corrected chi connectivity index (χ3v) is 2.07. The Balaban J connectivity index is 2.58. The highest BCUT2D eigenvalue weighted by Gasteiger charge is 2.11. The third-order valence-electron chi connectivity index (χ3n) is 2.07. The Morgan fingerprint density at radius 1 is 1.31 bits per heavy atom. The molecule has 1 rings (SSSR count). The normalized spacial score (nSPS) is 10.4. The van der Waals surface area contributed by atoms with Crippen molar-refractivity contribution in [3.05, 3.63) is 23.8 Å². The van der Waals surface area contributed by atoms with E-state index in [-0.39, 0.29) is 36.4 Å². The molecule has 0 fully saturated rings. The van der Waals surface area contributed by atoms with Crippen molar-refractivity contribution in [2.75, 3.05) is 0 Å². The lowest BCUT2D eigenvalue weighted by molar-refractivity contribution is -0.147. The highest BCUT2D eigenvalue weighted by atomic mass is 16.5. The van der Waals surface area contributed by atoms with E-state index in [4.69, 9.17) is 4.74 Å². The number of aromatic hydroxyl groups is 2. The standard InChI is InChI=1S/C12H16O4/c1-8(2)16-12(15)7-6-9-10(13)4-3-5-11(9)14/h3-5,8,13-14H,6-7H2,1-2H3. The number of carbonyl (C=O) groups is 1. The predicted octanol–water partition coefficient (Wildman–Crippen LogP) is 1.98. The summed E-state index contributed by atoms with van der Waals surface area (Å²) in [6.45, 7) is 3.55. The number of esters is 1. The molecule has 0 aliphatic rings. The van der Waals surface area contributed by atoms with E-state index in [1.165, 1.54) is 12.1 Å². The molecule has 0 spiro atoms. The lowest BCUT2D eigenvalue weighted by Gasteiger charge is -2.09. The van der Waals surface area contributed by atoms with Gasteiger partial charge in [-0.15, -0.1) is 0 Å². The second kappa shape index (κ2) is 5.39. The predicted molar refractivity (Wildman–Crippen MR) is 59.3 cm³/mol. The van der Waals surface area contributed by atoms with Gasteiger partial charge in [0, 0.05) is 12.0 Å². The summed E-state index contributed by atoms with van der Waals surface area (Å²) in [5.74, 6) is -0.340. The van der Waals surface area contributed by atoms with Crippen molar-refractivity contribution in [2.24, 2.45) is 0 Å². The van der Waals surface area contributed by atoms with E-state index >= 15 is 0 Å². The maximum atomic E-state index is 11.3. The van der Waals surface area contributed by atoms with Gasteiger partial charge in [-0.05, 0) is 32.4 Å². The molecule has 0 aliphatic heterocycles. The number of phenolic OH excluding ortho intramolecular Hbond substituents is 2. The highest BCUT2D eigenvalue weighted by Crippen LogP contribution is 2.27. The summed E-state index contributed by atoms with van der Waals surface area (Å²) < 4.78 is 4.95. The minimum Gasteiger partial charge on any atom is -0.508 e. The number of hydrogen-bond donors (Lipinski definition) is 2. The Bertz CT molecular complexity index is 351. The Labute approximate surface area is 94.5 Å². The van der Waals surface area contributed by atoms with Crippen molar-refractivity contribution in [1.82, 2.24) is 0 Å². The molecule has 0 heterocycles. The molecule has 1 aromatic carbocycles. The molecule has 0 saturated carbocycles. The number of hydrogen-bond acceptors (Lipinski definition) is 4. The zero-order valence-corrected chi connectivity index (χ0v) is 9.43. The summed E-state index contributed by atoms with van der Waals surface area (Å²) in [6, 6.07) is 4.49. The van der Waals surface area contributed by atoms with Gasteiger partial charge in [-0.2, -0.15) is 0 Å². The Kier molecular flexibility index (Phi) is 4.17. The minimum absolute atomic E-state index is 0.00246. The number of benzene rings is 1. The summed E-state index contributed by atoms with van der Waals surface area (Å²) in [4.78, 5) is 11.3. The molecule has 0 aromatic heterocycles. The van der Waals surface area contributed by atoms with Gasteiger partial charge in [-0.25, -0.2) is 0 Å². The van der Waals surface area contributed by atoms with Crippen LogP contribution in [0.15, 0.2) is 18.2 Å². The van der Waals surface area contributed by atoms with E-state index in [0.717, 1.165) is 0 Å². The maximum Gasteiger partial charge on any atom is 0.306 e. The van der Waals surface area contributed by atoms with Crippen molar-refractivity contribution in [1.29, 1.82) is 0 Å². The van der Waals surface area contributed by atoms with Gasteiger partial charge in [0.25, 0.3) is 0 Å². The monoisotopic (exact) mass is 224 g/mol. The number of carbonyl (C=O) groups excluding carboxylic acids is 1. The summed E-state index contributed by atoms with van der Waals surface area (Å²) in [5, 5.41) is 18.9. The van der Waals surface area contributed by atoms with E-state index < -0.39 is 0 Å². The molecule has 0 amide bonds. The first-order valence-corrected chi connectivity index (χ1v) is 5.20. The largest absolute Gasteiger partial charge is 0.508 e. The smallest absolute Gasteiger partial charge is 0.306 e. The average Bonchev–Trinajstić information content (AvgIpc) is 2.15. The van der Waals surface area contributed by atoms with Crippen LogP contribution in [-0.2, 0) is 16.0 Å². The van der Waals surface area contributed by atoms with E-state index in [9.17, 15) is 15.0 Å². The highest BCUT2D eigenvalue weighted by molar-refractivity contribution is 5.70. The first-order chi connectivity index (χ1) is 7.50. The van der Waals surface area contributed by atoms with E-state index in [1.54, 1.807) is 19.9 Å². The van der Waals surface area contributed by atoms with Crippen molar-refractivity contribution < 1.29 is 19.7 Å².